The van der Waals surface area contributed by atoms with E-state index in [1.807, 2.05) is 13.8 Å². The van der Waals surface area contributed by atoms with Crippen LogP contribution in [0.25, 0.3) is 0 Å². The molecule has 3 nitrogen and oxygen atoms in total. The van der Waals surface area contributed by atoms with Gasteiger partial charge in [-0.3, -0.25) is 4.79 Å². The largest absolute Gasteiger partial charge is 0.480 e. The second-order valence-electron chi connectivity index (χ2n) is 4.28. The van der Waals surface area contributed by atoms with Crippen LogP contribution in [0.5, 0.6) is 0 Å². The lowest BCUT2D eigenvalue weighted by Crippen LogP contribution is -2.37. The molecule has 0 bridgehead atoms. The number of carboxylic acid groups (broad SMARTS) is 1. The molecule has 1 unspecified atom stereocenters. The van der Waals surface area contributed by atoms with Gasteiger partial charge in [0.25, 0.3) is 0 Å². The molecule has 0 aliphatic rings. The number of benzene rings is 1. The third-order valence-electron chi connectivity index (χ3n) is 3.26. The lowest BCUT2D eigenvalue weighted by molar-refractivity contribution is -0.139. The molecule has 0 saturated carbocycles. The summed E-state index contributed by atoms with van der Waals surface area (Å²) in [4.78, 5) is 10.9. The summed E-state index contributed by atoms with van der Waals surface area (Å²) in [6, 6.07) is 1.98. The van der Waals surface area contributed by atoms with Gasteiger partial charge >= 0.3 is 5.97 Å². The van der Waals surface area contributed by atoms with Crippen LogP contribution < -0.4 is 5.73 Å². The van der Waals surface area contributed by atoms with E-state index >= 15 is 0 Å². The number of hydrogen-bond acceptors (Lipinski definition) is 2. The molecule has 1 rings (SSSR count). The fraction of sp³-hybridized carbons (Fsp3) is 0.462. The number of carboxylic acids is 1. The Hall–Kier alpha value is -1.42. The maximum Gasteiger partial charge on any atom is 0.321 e. The summed E-state index contributed by atoms with van der Waals surface area (Å²) in [6.45, 7) is 5.48. The summed E-state index contributed by atoms with van der Waals surface area (Å²) in [5.41, 5.74) is 7.79. The molecule has 0 aliphatic heterocycles. The number of nitrogens with two attached hydrogens (primary N) is 1. The summed E-state index contributed by atoms with van der Waals surface area (Å²) in [5.74, 6) is -1.97. The third kappa shape index (κ3) is 2.64. The summed E-state index contributed by atoms with van der Waals surface area (Å²) in [6.07, 6.45) is 0.495. The first-order valence-electron chi connectivity index (χ1n) is 5.64. The first-order valence-corrected chi connectivity index (χ1v) is 5.64. The molecule has 0 saturated heterocycles. The summed E-state index contributed by atoms with van der Waals surface area (Å²) < 4.78 is 13.8. The van der Waals surface area contributed by atoms with E-state index in [0.717, 1.165) is 11.1 Å². The number of hydrogen-bond donors (Lipinski definition) is 2. The molecule has 0 aliphatic carbocycles. The zero-order valence-corrected chi connectivity index (χ0v) is 10.3. The molecule has 1 aromatic carbocycles. The van der Waals surface area contributed by atoms with Crippen LogP contribution in [0.2, 0.25) is 0 Å². The van der Waals surface area contributed by atoms with Gasteiger partial charge < -0.3 is 10.8 Å². The summed E-state index contributed by atoms with van der Waals surface area (Å²) >= 11 is 0. The van der Waals surface area contributed by atoms with Crippen LogP contribution in [0.1, 0.15) is 36.0 Å². The molecule has 1 aromatic rings. The maximum atomic E-state index is 13.8. The highest BCUT2D eigenvalue weighted by molar-refractivity contribution is 5.74. The Morgan fingerprint density at radius 1 is 1.47 bits per heavy atom. The van der Waals surface area contributed by atoms with Crippen molar-refractivity contribution in [2.75, 3.05) is 0 Å². The van der Waals surface area contributed by atoms with Crippen molar-refractivity contribution in [3.05, 3.63) is 34.6 Å². The van der Waals surface area contributed by atoms with Crippen molar-refractivity contribution in [3.8, 4) is 0 Å². The van der Waals surface area contributed by atoms with Gasteiger partial charge in [-0.05, 0) is 43.0 Å². The van der Waals surface area contributed by atoms with Crippen molar-refractivity contribution in [1.29, 1.82) is 0 Å². The van der Waals surface area contributed by atoms with Crippen LogP contribution in [0, 0.1) is 19.7 Å². The molecule has 94 valence electrons. The number of aryl methyl sites for hydroxylation is 1. The van der Waals surface area contributed by atoms with Gasteiger partial charge in [0.2, 0.25) is 0 Å². The molecule has 0 spiro atoms. The molecule has 3 N–H and O–H groups in total. The molecule has 0 heterocycles. The minimum atomic E-state index is -1.10. The van der Waals surface area contributed by atoms with Gasteiger partial charge in [0.05, 0.1) is 0 Å². The highest BCUT2D eigenvalue weighted by Crippen LogP contribution is 2.29. The monoisotopic (exact) mass is 239 g/mol. The quantitative estimate of drug-likeness (QED) is 0.847. The fourth-order valence-electron chi connectivity index (χ4n) is 2.07. The van der Waals surface area contributed by atoms with Gasteiger partial charge in [-0.1, -0.05) is 13.0 Å². The Kier molecular flexibility index (Phi) is 4.23. The van der Waals surface area contributed by atoms with Gasteiger partial charge in [0.15, 0.2) is 0 Å². The summed E-state index contributed by atoms with van der Waals surface area (Å²) in [5, 5.41) is 8.95. The average Bonchev–Trinajstić information content (AvgIpc) is 2.28. The Labute approximate surface area is 100 Å². The fourth-order valence-corrected chi connectivity index (χ4v) is 2.07. The Morgan fingerprint density at radius 2 is 2.06 bits per heavy atom. The Morgan fingerprint density at radius 3 is 2.53 bits per heavy atom. The number of aliphatic carboxylic acids is 1. The van der Waals surface area contributed by atoms with Crippen molar-refractivity contribution in [1.82, 2.24) is 0 Å². The van der Waals surface area contributed by atoms with Crippen LogP contribution in [-0.2, 0) is 4.79 Å². The van der Waals surface area contributed by atoms with Crippen LogP contribution in [0.4, 0.5) is 4.39 Å². The van der Waals surface area contributed by atoms with E-state index in [9.17, 15) is 9.18 Å². The smallest absolute Gasteiger partial charge is 0.321 e. The second-order valence-corrected chi connectivity index (χ2v) is 4.28. The highest BCUT2D eigenvalue weighted by atomic mass is 19.1. The molecular formula is C13H18FNO2. The lowest BCUT2D eigenvalue weighted by atomic mass is 9.85. The number of rotatable bonds is 4. The molecule has 2 atom stereocenters. The van der Waals surface area contributed by atoms with Crippen molar-refractivity contribution in [3.63, 3.8) is 0 Å². The second kappa shape index (κ2) is 5.27. The van der Waals surface area contributed by atoms with E-state index < -0.39 is 17.9 Å². The van der Waals surface area contributed by atoms with E-state index in [4.69, 9.17) is 10.8 Å². The average molecular weight is 239 g/mol. The predicted octanol–water partition coefficient (Wildman–Crippen LogP) is 2.35. The van der Waals surface area contributed by atoms with E-state index in [2.05, 4.69) is 0 Å². The van der Waals surface area contributed by atoms with Gasteiger partial charge in [-0.15, -0.1) is 0 Å². The van der Waals surface area contributed by atoms with Crippen LogP contribution in [0.15, 0.2) is 12.1 Å². The third-order valence-corrected chi connectivity index (χ3v) is 3.26. The summed E-state index contributed by atoms with van der Waals surface area (Å²) in [7, 11) is 0. The zero-order chi connectivity index (χ0) is 13.2. The van der Waals surface area contributed by atoms with E-state index in [1.54, 1.807) is 13.0 Å². The van der Waals surface area contributed by atoms with Gasteiger partial charge in [0, 0.05) is 5.92 Å². The normalized spacial score (nSPS) is 14.4. The van der Waals surface area contributed by atoms with Crippen molar-refractivity contribution >= 4 is 5.97 Å². The Balaban J connectivity index is 3.29. The molecule has 0 fully saturated rings. The number of halogens is 1. The minimum Gasteiger partial charge on any atom is -0.480 e. The van der Waals surface area contributed by atoms with Crippen LogP contribution in [0.3, 0.4) is 0 Å². The molecule has 0 aromatic heterocycles. The highest BCUT2D eigenvalue weighted by Gasteiger charge is 2.28. The molecular weight excluding hydrogens is 221 g/mol. The standard InChI is InChI=1S/C13H18FNO2/c1-4-9(12(15)13(16)17)11-8(3)7(2)5-6-10(11)14/h5-6,9,12H,4,15H2,1-3H3,(H,16,17)/t9?,12-/m0/s1. The molecule has 4 heteroatoms. The van der Waals surface area contributed by atoms with Gasteiger partial charge in [-0.25, -0.2) is 4.39 Å². The maximum absolute atomic E-state index is 13.8. The Bertz CT molecular complexity index is 432. The SMILES string of the molecule is CCC(c1c(F)ccc(C)c1C)[C@H](N)C(=O)O. The lowest BCUT2D eigenvalue weighted by Gasteiger charge is -2.23. The topological polar surface area (TPSA) is 63.3 Å². The first kappa shape index (κ1) is 13.6. The van der Waals surface area contributed by atoms with Crippen LogP contribution in [-0.4, -0.2) is 17.1 Å². The molecule has 17 heavy (non-hydrogen) atoms. The minimum absolute atomic E-state index is 0.378. The number of carbonyl (C=O) groups is 1. The van der Waals surface area contributed by atoms with E-state index in [-0.39, 0.29) is 5.82 Å². The van der Waals surface area contributed by atoms with Crippen LogP contribution >= 0.6 is 0 Å². The van der Waals surface area contributed by atoms with Gasteiger partial charge in [-0.2, -0.15) is 0 Å². The molecule has 0 amide bonds. The van der Waals surface area contributed by atoms with Crippen molar-refractivity contribution < 1.29 is 14.3 Å². The van der Waals surface area contributed by atoms with Crippen molar-refractivity contribution in [2.24, 2.45) is 5.73 Å². The van der Waals surface area contributed by atoms with Crippen molar-refractivity contribution in [2.45, 2.75) is 39.2 Å². The van der Waals surface area contributed by atoms with E-state index in [0.29, 0.717) is 12.0 Å². The first-order chi connectivity index (χ1) is 7.90. The zero-order valence-electron chi connectivity index (χ0n) is 10.3. The molecule has 0 radical (unpaired) electrons. The van der Waals surface area contributed by atoms with E-state index in [1.165, 1.54) is 6.07 Å². The van der Waals surface area contributed by atoms with Gasteiger partial charge in [0.1, 0.15) is 11.9 Å². The predicted molar refractivity (Wildman–Crippen MR) is 64.5 cm³/mol.